The number of hydrogen-bond donors (Lipinski definition) is 1. The maximum atomic E-state index is 10.6. The second kappa shape index (κ2) is 2.85. The average Bonchev–Trinajstić information content (AvgIpc) is 2.58. The molecule has 16 heavy (non-hydrogen) atoms. The first-order valence-corrected chi connectivity index (χ1v) is 7.03. The molecule has 0 aromatic heterocycles. The minimum absolute atomic E-state index is 0.352. The third-order valence-corrected chi connectivity index (χ3v) is 6.79. The van der Waals surface area contributed by atoms with Crippen LogP contribution in [0.2, 0.25) is 0 Å². The fourth-order valence-electron chi connectivity index (χ4n) is 5.88. The molecule has 0 saturated heterocycles. The molecule has 92 valence electrons. The highest BCUT2D eigenvalue weighted by Crippen LogP contribution is 2.73. The van der Waals surface area contributed by atoms with Crippen LogP contribution in [0.1, 0.15) is 59.8 Å². The van der Waals surface area contributed by atoms with E-state index in [4.69, 9.17) is 0 Å². The van der Waals surface area contributed by atoms with E-state index in [1.54, 1.807) is 0 Å². The molecular formula is C15H26O. The minimum Gasteiger partial charge on any atom is -0.390 e. The van der Waals surface area contributed by atoms with Gasteiger partial charge in [-0.1, -0.05) is 20.8 Å². The summed E-state index contributed by atoms with van der Waals surface area (Å²) in [5.74, 6) is 2.29. The average molecular weight is 222 g/mol. The molecule has 0 unspecified atom stereocenters. The summed E-state index contributed by atoms with van der Waals surface area (Å²) in [7, 11) is 0. The Hall–Kier alpha value is -0.0400. The van der Waals surface area contributed by atoms with Crippen molar-refractivity contribution in [2.45, 2.75) is 65.4 Å². The van der Waals surface area contributed by atoms with Crippen molar-refractivity contribution >= 4 is 0 Å². The van der Waals surface area contributed by atoms with Crippen LogP contribution in [0.25, 0.3) is 0 Å². The highest BCUT2D eigenvalue weighted by atomic mass is 16.3. The molecule has 0 aliphatic heterocycles. The lowest BCUT2D eigenvalue weighted by Gasteiger charge is -2.44. The fourth-order valence-corrected chi connectivity index (χ4v) is 5.88. The van der Waals surface area contributed by atoms with Gasteiger partial charge in [-0.05, 0) is 67.6 Å². The summed E-state index contributed by atoms with van der Waals surface area (Å²) in [4.78, 5) is 0. The van der Waals surface area contributed by atoms with E-state index in [0.717, 1.165) is 18.3 Å². The van der Waals surface area contributed by atoms with Crippen molar-refractivity contribution in [1.29, 1.82) is 0 Å². The van der Waals surface area contributed by atoms with Crippen molar-refractivity contribution < 1.29 is 5.11 Å². The molecule has 0 aromatic carbocycles. The van der Waals surface area contributed by atoms with Crippen LogP contribution in [0.3, 0.4) is 0 Å². The van der Waals surface area contributed by atoms with Crippen LogP contribution in [0.4, 0.5) is 0 Å². The van der Waals surface area contributed by atoms with Crippen molar-refractivity contribution in [2.75, 3.05) is 0 Å². The van der Waals surface area contributed by atoms with Gasteiger partial charge >= 0.3 is 0 Å². The van der Waals surface area contributed by atoms with Crippen molar-refractivity contribution in [2.24, 2.45) is 28.6 Å². The maximum Gasteiger partial charge on any atom is 0.0653 e. The van der Waals surface area contributed by atoms with Crippen molar-refractivity contribution in [3.05, 3.63) is 0 Å². The molecule has 3 rings (SSSR count). The quantitative estimate of drug-likeness (QED) is 0.664. The topological polar surface area (TPSA) is 20.2 Å². The maximum absolute atomic E-state index is 10.6. The molecule has 3 aliphatic carbocycles. The Labute approximate surface area is 99.6 Å². The zero-order valence-electron chi connectivity index (χ0n) is 11.2. The molecule has 1 N–H and O–H groups in total. The molecule has 5 atom stereocenters. The SMILES string of the molecule is C[C@H]1CC[C@H]2C(C)(C)[C@H]3C[C@@]12CC[C@@]3(C)O. The van der Waals surface area contributed by atoms with Crippen LogP contribution in [0.15, 0.2) is 0 Å². The second-order valence-corrected chi connectivity index (χ2v) is 7.70. The molecular weight excluding hydrogens is 196 g/mol. The van der Waals surface area contributed by atoms with E-state index < -0.39 is 5.60 Å². The van der Waals surface area contributed by atoms with Crippen LogP contribution in [0.5, 0.6) is 0 Å². The molecule has 1 spiro atoms. The summed E-state index contributed by atoms with van der Waals surface area (Å²) in [5.41, 5.74) is 0.542. The summed E-state index contributed by atoms with van der Waals surface area (Å²) in [5, 5.41) is 10.6. The second-order valence-electron chi connectivity index (χ2n) is 7.70. The van der Waals surface area contributed by atoms with Crippen molar-refractivity contribution in [3.63, 3.8) is 0 Å². The summed E-state index contributed by atoms with van der Waals surface area (Å²) in [6.45, 7) is 9.38. The molecule has 3 aliphatic rings. The molecule has 1 heteroatoms. The Morgan fingerprint density at radius 3 is 2.38 bits per heavy atom. The van der Waals surface area contributed by atoms with Gasteiger partial charge in [0.1, 0.15) is 0 Å². The summed E-state index contributed by atoms with van der Waals surface area (Å²) in [6, 6.07) is 0. The number of hydrogen-bond acceptors (Lipinski definition) is 1. The smallest absolute Gasteiger partial charge is 0.0653 e. The normalized spacial score (nSPS) is 58.7. The highest BCUT2D eigenvalue weighted by Gasteiger charge is 2.67. The Morgan fingerprint density at radius 1 is 1.00 bits per heavy atom. The van der Waals surface area contributed by atoms with Crippen LogP contribution < -0.4 is 0 Å². The Morgan fingerprint density at radius 2 is 1.69 bits per heavy atom. The van der Waals surface area contributed by atoms with E-state index in [1.807, 2.05) is 0 Å². The fraction of sp³-hybridized carbons (Fsp3) is 1.00. The molecule has 2 bridgehead atoms. The Balaban J connectivity index is 2.07. The first-order chi connectivity index (χ1) is 7.31. The lowest BCUT2D eigenvalue weighted by atomic mass is 9.64. The van der Waals surface area contributed by atoms with Crippen LogP contribution in [-0.4, -0.2) is 10.7 Å². The molecule has 0 radical (unpaired) electrons. The third-order valence-electron chi connectivity index (χ3n) is 6.79. The Bertz CT molecular complexity index is 313. The minimum atomic E-state index is -0.404. The molecule has 0 heterocycles. The lowest BCUT2D eigenvalue weighted by molar-refractivity contribution is -0.0717. The zero-order valence-corrected chi connectivity index (χ0v) is 11.2. The molecule has 3 saturated carbocycles. The Kier molecular flexibility index (Phi) is 1.98. The molecule has 3 fully saturated rings. The van der Waals surface area contributed by atoms with E-state index in [9.17, 15) is 5.11 Å². The first kappa shape index (κ1) is 11.1. The molecule has 0 aromatic rings. The molecule has 1 nitrogen and oxygen atoms in total. The van der Waals surface area contributed by atoms with E-state index in [2.05, 4.69) is 27.7 Å². The van der Waals surface area contributed by atoms with E-state index >= 15 is 0 Å². The predicted octanol–water partition coefficient (Wildman–Crippen LogP) is 3.61. The monoisotopic (exact) mass is 222 g/mol. The third kappa shape index (κ3) is 1.06. The number of fused-ring (bicyclic) bond motifs is 1. The van der Waals surface area contributed by atoms with Gasteiger partial charge in [-0.25, -0.2) is 0 Å². The van der Waals surface area contributed by atoms with Gasteiger partial charge in [-0.3, -0.25) is 0 Å². The zero-order chi connectivity index (χ0) is 11.8. The van der Waals surface area contributed by atoms with Gasteiger partial charge in [0.15, 0.2) is 0 Å². The van der Waals surface area contributed by atoms with Crippen LogP contribution >= 0.6 is 0 Å². The first-order valence-electron chi connectivity index (χ1n) is 7.03. The van der Waals surface area contributed by atoms with E-state index in [-0.39, 0.29) is 0 Å². The van der Waals surface area contributed by atoms with Gasteiger partial charge in [0.05, 0.1) is 5.60 Å². The van der Waals surface area contributed by atoms with Crippen LogP contribution in [0, 0.1) is 28.6 Å². The number of aliphatic hydroxyl groups is 1. The standard InChI is InChI=1S/C15H26O/c1-10-5-6-11-13(2,3)12-9-15(10,11)8-7-14(12,4)16/h10-12,16H,5-9H2,1-4H3/t10-,11-,12+,14+,15-/m0/s1. The summed E-state index contributed by atoms with van der Waals surface area (Å²) in [6.07, 6.45) is 6.41. The predicted molar refractivity (Wildman–Crippen MR) is 66.1 cm³/mol. The summed E-state index contributed by atoms with van der Waals surface area (Å²) < 4.78 is 0. The van der Waals surface area contributed by atoms with E-state index in [1.165, 1.54) is 25.7 Å². The van der Waals surface area contributed by atoms with Gasteiger partial charge in [-0.15, -0.1) is 0 Å². The lowest BCUT2D eigenvalue weighted by Crippen LogP contribution is -2.44. The summed E-state index contributed by atoms with van der Waals surface area (Å²) >= 11 is 0. The largest absolute Gasteiger partial charge is 0.390 e. The van der Waals surface area contributed by atoms with Gasteiger partial charge < -0.3 is 5.11 Å². The van der Waals surface area contributed by atoms with E-state index in [0.29, 0.717) is 16.7 Å². The van der Waals surface area contributed by atoms with Crippen LogP contribution in [-0.2, 0) is 0 Å². The van der Waals surface area contributed by atoms with Gasteiger partial charge in [0.2, 0.25) is 0 Å². The van der Waals surface area contributed by atoms with Crippen molar-refractivity contribution in [1.82, 2.24) is 0 Å². The molecule has 0 amide bonds. The van der Waals surface area contributed by atoms with Gasteiger partial charge in [-0.2, -0.15) is 0 Å². The van der Waals surface area contributed by atoms with Crippen molar-refractivity contribution in [3.8, 4) is 0 Å². The number of rotatable bonds is 0. The highest BCUT2D eigenvalue weighted by molar-refractivity contribution is 5.16. The van der Waals surface area contributed by atoms with Gasteiger partial charge in [0.25, 0.3) is 0 Å². The van der Waals surface area contributed by atoms with Gasteiger partial charge in [0, 0.05) is 0 Å².